The maximum absolute atomic E-state index is 11.2. The van der Waals surface area contributed by atoms with Crippen LogP contribution in [-0.4, -0.2) is 17.7 Å². The highest BCUT2D eigenvalue weighted by Gasteiger charge is 2.10. The smallest absolute Gasteiger partial charge is 0.220 e. The van der Waals surface area contributed by atoms with Crippen molar-refractivity contribution in [3.05, 3.63) is 0 Å². The Morgan fingerprint density at radius 1 is 1.23 bits per heavy atom. The lowest BCUT2D eigenvalue weighted by atomic mass is 10.1. The molecule has 0 aromatic rings. The summed E-state index contributed by atoms with van der Waals surface area (Å²) in [5.41, 5.74) is 0. The SMILES string of the molecule is CC(=O)[C@H](C)NC(=O)CCC(C)C. The summed E-state index contributed by atoms with van der Waals surface area (Å²) in [5, 5.41) is 2.65. The van der Waals surface area contributed by atoms with Crippen molar-refractivity contribution in [2.45, 2.75) is 46.6 Å². The van der Waals surface area contributed by atoms with Crippen LogP contribution in [0.25, 0.3) is 0 Å². The van der Waals surface area contributed by atoms with Gasteiger partial charge in [-0.2, -0.15) is 0 Å². The lowest BCUT2D eigenvalue weighted by molar-refractivity contribution is -0.126. The van der Waals surface area contributed by atoms with Crippen molar-refractivity contribution in [1.29, 1.82) is 0 Å². The second kappa shape index (κ2) is 5.73. The average Bonchev–Trinajstić information content (AvgIpc) is 2.00. The summed E-state index contributed by atoms with van der Waals surface area (Å²) >= 11 is 0. The summed E-state index contributed by atoms with van der Waals surface area (Å²) in [7, 11) is 0. The van der Waals surface area contributed by atoms with E-state index in [1.165, 1.54) is 6.92 Å². The molecular weight excluding hydrogens is 166 g/mol. The molecule has 76 valence electrons. The Labute approximate surface area is 79.9 Å². The third kappa shape index (κ3) is 6.31. The number of rotatable bonds is 5. The zero-order chi connectivity index (χ0) is 10.4. The molecule has 1 atom stereocenters. The molecule has 0 spiro atoms. The summed E-state index contributed by atoms with van der Waals surface area (Å²) in [5.74, 6) is 0.493. The Morgan fingerprint density at radius 3 is 2.15 bits per heavy atom. The fourth-order valence-electron chi connectivity index (χ4n) is 0.835. The lowest BCUT2D eigenvalue weighted by Crippen LogP contribution is -2.37. The van der Waals surface area contributed by atoms with Crippen LogP contribution in [0.5, 0.6) is 0 Å². The van der Waals surface area contributed by atoms with E-state index in [2.05, 4.69) is 19.2 Å². The van der Waals surface area contributed by atoms with Gasteiger partial charge in [0.15, 0.2) is 5.78 Å². The van der Waals surface area contributed by atoms with E-state index in [4.69, 9.17) is 0 Å². The van der Waals surface area contributed by atoms with Crippen LogP contribution < -0.4 is 5.32 Å². The van der Waals surface area contributed by atoms with Gasteiger partial charge in [-0.05, 0) is 26.2 Å². The molecule has 0 bridgehead atoms. The van der Waals surface area contributed by atoms with Crippen molar-refractivity contribution in [3.8, 4) is 0 Å². The molecule has 3 heteroatoms. The Morgan fingerprint density at radius 2 is 1.77 bits per heavy atom. The van der Waals surface area contributed by atoms with Crippen molar-refractivity contribution in [2.75, 3.05) is 0 Å². The van der Waals surface area contributed by atoms with Gasteiger partial charge in [0.2, 0.25) is 5.91 Å². The van der Waals surface area contributed by atoms with E-state index in [1.54, 1.807) is 6.92 Å². The van der Waals surface area contributed by atoms with E-state index in [0.717, 1.165) is 6.42 Å². The quantitative estimate of drug-likeness (QED) is 0.705. The van der Waals surface area contributed by atoms with Crippen LogP contribution in [0.2, 0.25) is 0 Å². The van der Waals surface area contributed by atoms with E-state index < -0.39 is 0 Å². The molecule has 0 aliphatic carbocycles. The van der Waals surface area contributed by atoms with E-state index in [9.17, 15) is 9.59 Å². The number of hydrogen-bond donors (Lipinski definition) is 1. The zero-order valence-electron chi connectivity index (χ0n) is 8.89. The van der Waals surface area contributed by atoms with Crippen LogP contribution in [0.3, 0.4) is 0 Å². The minimum Gasteiger partial charge on any atom is -0.347 e. The summed E-state index contributed by atoms with van der Waals surface area (Å²) in [6.45, 7) is 7.33. The molecule has 0 saturated carbocycles. The minimum atomic E-state index is -0.348. The molecule has 3 nitrogen and oxygen atoms in total. The highest BCUT2D eigenvalue weighted by atomic mass is 16.2. The fourth-order valence-corrected chi connectivity index (χ4v) is 0.835. The van der Waals surface area contributed by atoms with Gasteiger partial charge in [0.05, 0.1) is 6.04 Å². The summed E-state index contributed by atoms with van der Waals surface area (Å²) in [6, 6.07) is -0.348. The number of hydrogen-bond acceptors (Lipinski definition) is 2. The van der Waals surface area contributed by atoms with Crippen molar-refractivity contribution < 1.29 is 9.59 Å². The van der Waals surface area contributed by atoms with Crippen LogP contribution in [0.1, 0.15) is 40.5 Å². The third-order valence-corrected chi connectivity index (χ3v) is 1.94. The van der Waals surface area contributed by atoms with E-state index in [1.807, 2.05) is 0 Å². The lowest BCUT2D eigenvalue weighted by Gasteiger charge is -2.10. The Balaban J connectivity index is 3.68. The Hall–Kier alpha value is -0.860. The van der Waals surface area contributed by atoms with Gasteiger partial charge in [-0.25, -0.2) is 0 Å². The Kier molecular flexibility index (Phi) is 5.35. The summed E-state index contributed by atoms with van der Waals surface area (Å²) < 4.78 is 0. The summed E-state index contributed by atoms with van der Waals surface area (Å²) in [6.07, 6.45) is 1.38. The molecule has 0 aromatic carbocycles. The van der Waals surface area contributed by atoms with Gasteiger partial charge in [0.25, 0.3) is 0 Å². The number of nitrogens with one attached hydrogen (secondary N) is 1. The predicted molar refractivity (Wildman–Crippen MR) is 52.4 cm³/mol. The van der Waals surface area contributed by atoms with Crippen LogP contribution in [0, 0.1) is 5.92 Å². The minimum absolute atomic E-state index is 0.00195. The molecule has 0 heterocycles. The summed E-state index contributed by atoms with van der Waals surface area (Å²) in [4.78, 5) is 22.0. The normalized spacial score (nSPS) is 12.7. The van der Waals surface area contributed by atoms with Crippen molar-refractivity contribution in [3.63, 3.8) is 0 Å². The maximum atomic E-state index is 11.2. The number of carbonyl (C=O) groups is 2. The monoisotopic (exact) mass is 185 g/mol. The zero-order valence-corrected chi connectivity index (χ0v) is 8.89. The number of Topliss-reactive ketones (excluding diaryl/α,β-unsaturated/α-hetero) is 1. The van der Waals surface area contributed by atoms with Crippen LogP contribution in [0.4, 0.5) is 0 Å². The first-order chi connectivity index (χ1) is 5.93. The molecule has 0 aliphatic rings. The molecule has 0 unspecified atom stereocenters. The van der Waals surface area contributed by atoms with Gasteiger partial charge in [-0.3, -0.25) is 9.59 Å². The molecule has 0 radical (unpaired) electrons. The fraction of sp³-hybridized carbons (Fsp3) is 0.800. The first-order valence-corrected chi connectivity index (χ1v) is 4.73. The van der Waals surface area contributed by atoms with Gasteiger partial charge >= 0.3 is 0 Å². The molecule has 0 fully saturated rings. The molecule has 13 heavy (non-hydrogen) atoms. The van der Waals surface area contributed by atoms with Gasteiger partial charge in [-0.15, -0.1) is 0 Å². The molecule has 0 saturated heterocycles. The first-order valence-electron chi connectivity index (χ1n) is 4.73. The standard InChI is InChI=1S/C10H19NO2/c1-7(2)5-6-10(13)11-8(3)9(4)12/h7-8H,5-6H2,1-4H3,(H,11,13)/t8-/m0/s1. The molecule has 0 rings (SSSR count). The molecule has 1 N–H and O–H groups in total. The molecule has 0 aliphatic heterocycles. The van der Waals surface area contributed by atoms with Gasteiger partial charge < -0.3 is 5.32 Å². The predicted octanol–water partition coefficient (Wildman–Crippen LogP) is 1.52. The first kappa shape index (κ1) is 12.1. The second-order valence-electron chi connectivity index (χ2n) is 3.83. The highest BCUT2D eigenvalue weighted by Crippen LogP contribution is 2.03. The Bertz CT molecular complexity index is 187. The van der Waals surface area contributed by atoms with Crippen LogP contribution >= 0.6 is 0 Å². The third-order valence-electron chi connectivity index (χ3n) is 1.94. The molecular formula is C10H19NO2. The van der Waals surface area contributed by atoms with Gasteiger partial charge in [0.1, 0.15) is 0 Å². The topological polar surface area (TPSA) is 46.2 Å². The maximum Gasteiger partial charge on any atom is 0.220 e. The largest absolute Gasteiger partial charge is 0.347 e. The van der Waals surface area contributed by atoms with E-state index >= 15 is 0 Å². The van der Waals surface area contributed by atoms with Gasteiger partial charge in [-0.1, -0.05) is 13.8 Å². The van der Waals surface area contributed by atoms with Crippen molar-refractivity contribution in [1.82, 2.24) is 5.32 Å². The van der Waals surface area contributed by atoms with E-state index in [-0.39, 0.29) is 17.7 Å². The van der Waals surface area contributed by atoms with Gasteiger partial charge in [0, 0.05) is 6.42 Å². The molecule has 1 amide bonds. The average molecular weight is 185 g/mol. The second-order valence-corrected chi connectivity index (χ2v) is 3.83. The number of amides is 1. The molecule has 0 aromatic heterocycles. The number of ketones is 1. The van der Waals surface area contributed by atoms with Crippen molar-refractivity contribution >= 4 is 11.7 Å². The highest BCUT2D eigenvalue weighted by molar-refractivity contribution is 5.86. The van der Waals surface area contributed by atoms with Crippen molar-refractivity contribution in [2.24, 2.45) is 5.92 Å². The van der Waals surface area contributed by atoms with E-state index in [0.29, 0.717) is 12.3 Å². The van der Waals surface area contributed by atoms with Crippen LogP contribution in [0.15, 0.2) is 0 Å². The number of carbonyl (C=O) groups excluding carboxylic acids is 2. The van der Waals surface area contributed by atoms with Crippen LogP contribution in [-0.2, 0) is 9.59 Å².